The minimum atomic E-state index is -4.52. The largest absolute Gasteiger partial charge is 0.496 e. The third-order valence-electron chi connectivity index (χ3n) is 4.62. The number of hydrogen-bond acceptors (Lipinski definition) is 5. The normalized spacial score (nSPS) is 11.5. The molecule has 0 saturated carbocycles. The zero-order chi connectivity index (χ0) is 23.6. The molecule has 0 aliphatic carbocycles. The van der Waals surface area contributed by atoms with E-state index in [1.54, 1.807) is 12.1 Å². The van der Waals surface area contributed by atoms with E-state index in [0.29, 0.717) is 22.4 Å². The van der Waals surface area contributed by atoms with Gasteiger partial charge in [-0.3, -0.25) is 4.98 Å². The highest BCUT2D eigenvalue weighted by atomic mass is 19.4. The van der Waals surface area contributed by atoms with Crippen molar-refractivity contribution >= 4 is 0 Å². The monoisotopic (exact) mass is 462 g/mol. The van der Waals surface area contributed by atoms with Gasteiger partial charge in [0.1, 0.15) is 35.3 Å². The summed E-state index contributed by atoms with van der Waals surface area (Å²) >= 11 is 0. The van der Waals surface area contributed by atoms with Gasteiger partial charge >= 0.3 is 6.18 Å². The van der Waals surface area contributed by atoms with Crippen LogP contribution in [0, 0.1) is 11.9 Å². The number of nitrogens with one attached hydrogen (secondary N) is 1. The Bertz CT molecular complexity index is 1260. The SMILES string of the molecule is COc1cc(OCc2ccc(C(F)(F)F)nc2)ccc1-c1[nH]c(-c2ccc(F)nc2)nc1F. The lowest BCUT2D eigenvalue weighted by molar-refractivity contribution is -0.141. The first-order valence-corrected chi connectivity index (χ1v) is 9.45. The molecule has 0 saturated heterocycles. The van der Waals surface area contributed by atoms with E-state index in [1.807, 2.05) is 0 Å². The van der Waals surface area contributed by atoms with Gasteiger partial charge in [0.2, 0.25) is 11.9 Å². The molecule has 0 atom stereocenters. The van der Waals surface area contributed by atoms with Gasteiger partial charge in [-0.25, -0.2) is 4.98 Å². The van der Waals surface area contributed by atoms with Crippen molar-refractivity contribution in [2.75, 3.05) is 7.11 Å². The van der Waals surface area contributed by atoms with Crippen molar-refractivity contribution in [2.45, 2.75) is 12.8 Å². The van der Waals surface area contributed by atoms with Crippen LogP contribution in [0.4, 0.5) is 22.0 Å². The summed E-state index contributed by atoms with van der Waals surface area (Å²) in [5.74, 6) is -0.692. The Morgan fingerprint density at radius 2 is 1.79 bits per heavy atom. The summed E-state index contributed by atoms with van der Waals surface area (Å²) in [5.41, 5.74) is 0.237. The van der Waals surface area contributed by atoms with Crippen molar-refractivity contribution in [3.05, 3.63) is 78.0 Å². The maximum atomic E-state index is 14.6. The number of methoxy groups -OCH3 is 1. The quantitative estimate of drug-likeness (QED) is 0.306. The number of nitrogens with zero attached hydrogens (tertiary/aromatic N) is 3. The number of benzene rings is 1. The summed E-state index contributed by atoms with van der Waals surface area (Å²) in [6.07, 6.45) is -2.21. The fourth-order valence-corrected chi connectivity index (χ4v) is 3.00. The van der Waals surface area contributed by atoms with Gasteiger partial charge in [0, 0.05) is 35.2 Å². The Labute approximate surface area is 184 Å². The molecule has 3 heterocycles. The van der Waals surface area contributed by atoms with Gasteiger partial charge < -0.3 is 14.5 Å². The molecule has 0 unspecified atom stereocenters. The molecule has 11 heteroatoms. The molecule has 0 fully saturated rings. The van der Waals surface area contributed by atoms with Crippen LogP contribution in [0.25, 0.3) is 22.6 Å². The van der Waals surface area contributed by atoms with Gasteiger partial charge in [0.25, 0.3) is 0 Å². The van der Waals surface area contributed by atoms with Crippen molar-refractivity contribution in [3.8, 4) is 34.1 Å². The number of alkyl halides is 3. The maximum Gasteiger partial charge on any atom is 0.433 e. The molecule has 6 nitrogen and oxygen atoms in total. The van der Waals surface area contributed by atoms with E-state index >= 15 is 0 Å². The minimum Gasteiger partial charge on any atom is -0.496 e. The standard InChI is InChI=1S/C22H15F5N4O2/c1-32-16-8-14(33-11-12-2-6-17(28-9-12)22(25,26)27)4-5-15(16)19-20(24)31-21(30-19)13-3-7-18(23)29-10-13/h2-10H,11H2,1H3,(H,30,31). The fourth-order valence-electron chi connectivity index (χ4n) is 3.00. The molecule has 170 valence electrons. The average molecular weight is 462 g/mol. The number of ether oxygens (including phenoxy) is 2. The van der Waals surface area contributed by atoms with Crippen LogP contribution in [-0.4, -0.2) is 27.0 Å². The van der Waals surface area contributed by atoms with Crippen LogP contribution in [0.2, 0.25) is 0 Å². The first-order valence-electron chi connectivity index (χ1n) is 9.45. The lowest BCUT2D eigenvalue weighted by Crippen LogP contribution is -2.08. The molecular weight excluding hydrogens is 447 g/mol. The van der Waals surface area contributed by atoms with E-state index in [2.05, 4.69) is 19.9 Å². The number of hydrogen-bond donors (Lipinski definition) is 1. The average Bonchev–Trinajstić information content (AvgIpc) is 3.19. The van der Waals surface area contributed by atoms with Crippen LogP contribution in [0.3, 0.4) is 0 Å². The van der Waals surface area contributed by atoms with Gasteiger partial charge in [-0.15, -0.1) is 0 Å². The highest BCUT2D eigenvalue weighted by Gasteiger charge is 2.32. The number of aromatic amines is 1. The van der Waals surface area contributed by atoms with E-state index in [4.69, 9.17) is 9.47 Å². The summed E-state index contributed by atoms with van der Waals surface area (Å²) in [5, 5.41) is 0. The van der Waals surface area contributed by atoms with Gasteiger partial charge in [0.15, 0.2) is 0 Å². The summed E-state index contributed by atoms with van der Waals surface area (Å²) in [6, 6.07) is 9.29. The van der Waals surface area contributed by atoms with Crippen LogP contribution in [0.5, 0.6) is 11.5 Å². The molecule has 0 radical (unpaired) electrons. The topological polar surface area (TPSA) is 72.9 Å². The lowest BCUT2D eigenvalue weighted by atomic mass is 10.1. The second kappa shape index (κ2) is 8.85. The molecule has 33 heavy (non-hydrogen) atoms. The van der Waals surface area contributed by atoms with Crippen LogP contribution >= 0.6 is 0 Å². The first-order chi connectivity index (χ1) is 15.7. The summed E-state index contributed by atoms with van der Waals surface area (Å²) in [4.78, 5) is 13.6. The van der Waals surface area contributed by atoms with E-state index in [1.165, 1.54) is 31.5 Å². The molecule has 0 aliphatic heterocycles. The highest BCUT2D eigenvalue weighted by molar-refractivity contribution is 5.71. The van der Waals surface area contributed by atoms with Gasteiger partial charge in [0.05, 0.1) is 7.11 Å². The zero-order valence-electron chi connectivity index (χ0n) is 17.0. The third-order valence-corrected chi connectivity index (χ3v) is 4.62. The zero-order valence-corrected chi connectivity index (χ0v) is 17.0. The van der Waals surface area contributed by atoms with Crippen LogP contribution in [0.1, 0.15) is 11.3 Å². The Morgan fingerprint density at radius 3 is 2.42 bits per heavy atom. The summed E-state index contributed by atoms with van der Waals surface area (Å²) in [7, 11) is 1.39. The maximum absolute atomic E-state index is 14.6. The number of imidazole rings is 1. The van der Waals surface area contributed by atoms with E-state index in [0.717, 1.165) is 18.3 Å². The van der Waals surface area contributed by atoms with Crippen LogP contribution < -0.4 is 9.47 Å². The van der Waals surface area contributed by atoms with E-state index in [-0.39, 0.29) is 23.9 Å². The molecule has 0 spiro atoms. The number of rotatable bonds is 6. The number of aromatic nitrogens is 4. The van der Waals surface area contributed by atoms with Crippen molar-refractivity contribution in [2.24, 2.45) is 0 Å². The van der Waals surface area contributed by atoms with E-state index < -0.39 is 23.8 Å². The van der Waals surface area contributed by atoms with Gasteiger partial charge in [-0.2, -0.15) is 26.9 Å². The fraction of sp³-hybridized carbons (Fsp3) is 0.136. The Kier molecular flexibility index (Phi) is 5.95. The highest BCUT2D eigenvalue weighted by Crippen LogP contribution is 2.35. The van der Waals surface area contributed by atoms with Crippen molar-refractivity contribution < 1.29 is 31.4 Å². The molecule has 0 aliphatic rings. The number of pyridine rings is 2. The molecule has 0 bridgehead atoms. The molecule has 4 rings (SSSR count). The second-order valence-corrected chi connectivity index (χ2v) is 6.82. The van der Waals surface area contributed by atoms with Crippen LogP contribution in [-0.2, 0) is 12.8 Å². The minimum absolute atomic E-state index is 0.0340. The van der Waals surface area contributed by atoms with Crippen molar-refractivity contribution in [1.29, 1.82) is 0 Å². The predicted octanol–water partition coefficient (Wildman–Crippen LogP) is 5.42. The Hall–Kier alpha value is -4.02. The summed E-state index contributed by atoms with van der Waals surface area (Å²) < 4.78 is 76.4. The van der Waals surface area contributed by atoms with Crippen molar-refractivity contribution in [1.82, 2.24) is 19.9 Å². The number of halogens is 5. The number of H-pyrrole nitrogens is 1. The molecule has 4 aromatic rings. The van der Waals surface area contributed by atoms with Gasteiger partial charge in [-0.1, -0.05) is 6.07 Å². The molecule has 0 amide bonds. The van der Waals surface area contributed by atoms with Crippen molar-refractivity contribution in [3.63, 3.8) is 0 Å². The second-order valence-electron chi connectivity index (χ2n) is 6.82. The smallest absolute Gasteiger partial charge is 0.433 e. The first kappa shape index (κ1) is 22.2. The lowest BCUT2D eigenvalue weighted by Gasteiger charge is -2.12. The molecule has 1 N–H and O–H groups in total. The Morgan fingerprint density at radius 1 is 0.970 bits per heavy atom. The molecule has 3 aromatic heterocycles. The summed E-state index contributed by atoms with van der Waals surface area (Å²) in [6.45, 7) is -0.0340. The van der Waals surface area contributed by atoms with Gasteiger partial charge in [-0.05, 0) is 30.3 Å². The Balaban J connectivity index is 1.53. The van der Waals surface area contributed by atoms with E-state index in [9.17, 15) is 22.0 Å². The third kappa shape index (κ3) is 4.92. The molecule has 1 aromatic carbocycles. The van der Waals surface area contributed by atoms with Crippen LogP contribution in [0.15, 0.2) is 54.9 Å². The predicted molar refractivity (Wildman–Crippen MR) is 107 cm³/mol. The molecular formula is C22H15F5N4O2.